The zero-order valence-electron chi connectivity index (χ0n) is 34.3. The van der Waals surface area contributed by atoms with Crippen LogP contribution in [0, 0.1) is 12.8 Å². The van der Waals surface area contributed by atoms with E-state index in [9.17, 15) is 9.59 Å². The first-order chi connectivity index (χ1) is 27.9. The Balaban J connectivity index is 1.07. The average molecular weight is 783 g/mol. The predicted molar refractivity (Wildman–Crippen MR) is 234 cm³/mol. The highest BCUT2D eigenvalue weighted by Crippen LogP contribution is 2.33. The Morgan fingerprint density at radius 2 is 1.71 bits per heavy atom. The van der Waals surface area contributed by atoms with Crippen LogP contribution in [0.25, 0.3) is 16.5 Å². The molecule has 6 rings (SSSR count). The van der Waals surface area contributed by atoms with E-state index < -0.39 is 6.03 Å². The molecule has 58 heavy (non-hydrogen) atoms. The van der Waals surface area contributed by atoms with E-state index in [2.05, 4.69) is 75.7 Å². The lowest BCUT2D eigenvalue weighted by molar-refractivity contribution is -0.117. The second-order valence-electron chi connectivity index (χ2n) is 15.8. The number of urea groups is 1. The number of carbonyl (C=O) groups excluding carboxylic acids is 2. The minimum absolute atomic E-state index is 0.147. The summed E-state index contributed by atoms with van der Waals surface area (Å²) >= 11 is 0. The first-order valence-corrected chi connectivity index (χ1v) is 19.7. The van der Waals surface area contributed by atoms with E-state index in [-0.39, 0.29) is 23.6 Å². The van der Waals surface area contributed by atoms with Gasteiger partial charge in [0.05, 0.1) is 23.3 Å². The maximum atomic E-state index is 13.5. The van der Waals surface area contributed by atoms with E-state index in [0.29, 0.717) is 41.4 Å². The third-order valence-electron chi connectivity index (χ3n) is 10.1. The number of likely N-dealkylation sites (tertiary alicyclic amines) is 1. The monoisotopic (exact) mass is 782 g/mol. The quantitative estimate of drug-likeness (QED) is 0.0532. The van der Waals surface area contributed by atoms with Crippen LogP contribution in [0.5, 0.6) is 5.75 Å². The summed E-state index contributed by atoms with van der Waals surface area (Å²) in [5.74, 6) is 2.65. The number of fused-ring (bicyclic) bond motifs is 1. The van der Waals surface area contributed by atoms with Crippen LogP contribution in [-0.2, 0) is 16.8 Å². The third-order valence-corrected chi connectivity index (χ3v) is 10.1. The zero-order chi connectivity index (χ0) is 41.2. The molecule has 13 nitrogen and oxygen atoms in total. The summed E-state index contributed by atoms with van der Waals surface area (Å²) in [6.45, 7) is 16.7. The fourth-order valence-corrected chi connectivity index (χ4v) is 6.67. The number of hydrogen-bond acceptors (Lipinski definition) is 8. The van der Waals surface area contributed by atoms with Crippen LogP contribution >= 0.6 is 0 Å². The molecule has 1 aliphatic heterocycles. The minimum Gasteiger partial charge on any atom is -0.488 e. The lowest BCUT2D eigenvalue weighted by atomic mass is 9.92. The smallest absolute Gasteiger partial charge is 0.324 e. The number of carbonyl (C=O) groups is 2. The van der Waals surface area contributed by atoms with Gasteiger partial charge in [-0.2, -0.15) is 5.10 Å². The van der Waals surface area contributed by atoms with Gasteiger partial charge in [-0.3, -0.25) is 15.1 Å². The Morgan fingerprint density at radius 3 is 2.43 bits per heavy atom. The van der Waals surface area contributed by atoms with Crippen LogP contribution < -0.4 is 26.0 Å². The predicted octanol–water partition coefficient (Wildman–Crippen LogP) is 8.47. The summed E-state index contributed by atoms with van der Waals surface area (Å²) in [5.41, 5.74) is 4.30. The fourth-order valence-electron chi connectivity index (χ4n) is 6.67. The molecule has 0 radical (unpaired) electrons. The van der Waals surface area contributed by atoms with Gasteiger partial charge >= 0.3 is 6.03 Å². The highest BCUT2D eigenvalue weighted by molar-refractivity contribution is 6.07. The average Bonchev–Trinajstić information content (AvgIpc) is 3.63. The number of aryl methyl sites for hydroxylation is 1. The van der Waals surface area contributed by atoms with E-state index in [1.54, 1.807) is 17.8 Å². The van der Waals surface area contributed by atoms with Gasteiger partial charge in [0.15, 0.2) is 0 Å². The second kappa shape index (κ2) is 18.7. The largest absolute Gasteiger partial charge is 0.488 e. The van der Waals surface area contributed by atoms with E-state index in [1.807, 2.05) is 85.8 Å². The van der Waals surface area contributed by atoms with Crippen molar-refractivity contribution in [3.63, 3.8) is 0 Å². The number of piperidine rings is 1. The van der Waals surface area contributed by atoms with Crippen LogP contribution in [0.2, 0.25) is 0 Å². The van der Waals surface area contributed by atoms with E-state index >= 15 is 0 Å². The molecule has 3 heterocycles. The maximum Gasteiger partial charge on any atom is 0.324 e. The Kier molecular flexibility index (Phi) is 13.3. The van der Waals surface area contributed by atoms with Gasteiger partial charge < -0.3 is 25.6 Å². The minimum atomic E-state index is -0.391. The number of amides is 3. The van der Waals surface area contributed by atoms with Gasteiger partial charge in [-0.15, -0.1) is 0 Å². The maximum absolute atomic E-state index is 13.5. The topological polar surface area (TPSA) is 150 Å². The Hall–Kier alpha value is -6.34. The summed E-state index contributed by atoms with van der Waals surface area (Å²) in [4.78, 5) is 41.3. The molecular formula is C45H54N10O3. The Labute approximate surface area is 340 Å². The lowest BCUT2D eigenvalue weighted by Gasteiger charge is -2.28. The number of ether oxygens (including phenoxy) is 1. The van der Waals surface area contributed by atoms with Crippen molar-refractivity contribution in [2.24, 2.45) is 15.9 Å². The number of amidine groups is 1. The van der Waals surface area contributed by atoms with Crippen molar-refractivity contribution in [1.82, 2.24) is 25.0 Å². The molecule has 5 aromatic rings. The molecule has 1 saturated heterocycles. The van der Waals surface area contributed by atoms with Gasteiger partial charge in [-0.25, -0.2) is 19.5 Å². The molecule has 0 atom stereocenters. The number of pyridine rings is 1. The van der Waals surface area contributed by atoms with Crippen molar-refractivity contribution in [1.29, 1.82) is 0 Å². The number of anilines is 3. The van der Waals surface area contributed by atoms with E-state index in [1.165, 1.54) is 6.20 Å². The third kappa shape index (κ3) is 10.9. The first kappa shape index (κ1) is 41.3. The van der Waals surface area contributed by atoms with Crippen LogP contribution in [0.4, 0.5) is 22.1 Å². The molecular weight excluding hydrogens is 729 g/mol. The Morgan fingerprint density at radius 1 is 0.966 bits per heavy atom. The standard InChI is InChI=1S/C45H54N10O3/c1-30-12-14-34(15-13-30)55-42(27-40(53-55)45(3,4)5)52-44(57)51-37-16-17-39(36-11-9-8-10-35(36)37)58-29-33-19-22-47-41(26-33)50-31(2)49-28-38(46-6)43(56)48-23-18-32-20-24-54(7)25-21-32/h8-17,19,22,26-28,32H,6,18,20-21,23-25,29H2,1-5,7H3,(H,48,56)(H,47,49,50)(H2,51,52,57)/b38-28-. The van der Waals surface area contributed by atoms with Crippen molar-refractivity contribution in [2.45, 2.75) is 65.9 Å². The van der Waals surface area contributed by atoms with Crippen molar-refractivity contribution < 1.29 is 14.3 Å². The van der Waals surface area contributed by atoms with Crippen LogP contribution in [0.3, 0.4) is 0 Å². The van der Waals surface area contributed by atoms with Gasteiger partial charge in [-0.05, 0) is 108 Å². The molecule has 0 aliphatic carbocycles. The molecule has 13 heteroatoms. The van der Waals surface area contributed by atoms with Crippen LogP contribution in [0.15, 0.2) is 107 Å². The molecule has 4 N–H and O–H groups in total. The molecule has 0 saturated carbocycles. The van der Waals surface area contributed by atoms with Crippen LogP contribution in [-0.4, -0.2) is 70.8 Å². The molecule has 302 valence electrons. The zero-order valence-corrected chi connectivity index (χ0v) is 34.3. The molecule has 0 spiro atoms. The van der Waals surface area contributed by atoms with Crippen molar-refractivity contribution >= 4 is 52.6 Å². The highest BCUT2D eigenvalue weighted by Gasteiger charge is 2.22. The fraction of sp³-hybridized carbons (Fsp3) is 0.333. The molecule has 3 amide bonds. The second-order valence-corrected chi connectivity index (χ2v) is 15.8. The van der Waals surface area contributed by atoms with Gasteiger partial charge in [0.25, 0.3) is 5.91 Å². The van der Waals surface area contributed by atoms with E-state index in [0.717, 1.165) is 65.6 Å². The Bertz CT molecular complexity index is 2300. The molecule has 0 unspecified atom stereocenters. The molecule has 1 fully saturated rings. The molecule has 1 aliphatic rings. The molecule has 2 aromatic heterocycles. The summed E-state index contributed by atoms with van der Waals surface area (Å²) in [6, 6.07) is 24.8. The van der Waals surface area contributed by atoms with Gasteiger partial charge in [0.1, 0.15) is 35.5 Å². The first-order valence-electron chi connectivity index (χ1n) is 19.7. The van der Waals surface area contributed by atoms with E-state index in [4.69, 9.17) is 9.84 Å². The number of rotatable bonds is 13. The van der Waals surface area contributed by atoms with Gasteiger partial charge in [0.2, 0.25) is 0 Å². The SMILES string of the molecule is C=N/C(=C\N=C(/C)Nc1cc(COc2ccc(NC(=O)Nc3cc(C(C)(C)C)nn3-c3ccc(C)cc3)c3ccccc23)ccn1)C(=O)NCCC1CCN(C)CC1. The number of aliphatic imine (C=N–C) groups is 2. The van der Waals surface area contributed by atoms with Gasteiger partial charge in [0, 0.05) is 35.0 Å². The molecule has 3 aromatic carbocycles. The number of hydrogen-bond donors (Lipinski definition) is 4. The number of aromatic nitrogens is 3. The lowest BCUT2D eigenvalue weighted by Crippen LogP contribution is -2.33. The van der Waals surface area contributed by atoms with Gasteiger partial charge in [-0.1, -0.05) is 62.7 Å². The number of nitrogens with zero attached hydrogens (tertiary/aromatic N) is 6. The van der Waals surface area contributed by atoms with Crippen LogP contribution in [0.1, 0.15) is 63.8 Å². The summed E-state index contributed by atoms with van der Waals surface area (Å²) in [5, 5.41) is 18.7. The summed E-state index contributed by atoms with van der Waals surface area (Å²) < 4.78 is 8.08. The molecule has 0 bridgehead atoms. The van der Waals surface area contributed by atoms with Crippen molar-refractivity contribution in [2.75, 3.05) is 42.6 Å². The summed E-state index contributed by atoms with van der Waals surface area (Å²) in [6.07, 6.45) is 6.35. The number of benzene rings is 3. The van der Waals surface area contributed by atoms with Crippen molar-refractivity contribution in [3.8, 4) is 11.4 Å². The number of nitrogens with one attached hydrogen (secondary N) is 4. The normalized spacial score (nSPS) is 14.2. The summed E-state index contributed by atoms with van der Waals surface area (Å²) in [7, 11) is 2.14. The highest BCUT2D eigenvalue weighted by atomic mass is 16.5. The van der Waals surface area contributed by atoms with Crippen molar-refractivity contribution in [3.05, 3.63) is 114 Å².